The third-order valence-corrected chi connectivity index (χ3v) is 5.36. The Morgan fingerprint density at radius 3 is 2.77 bits per heavy atom. The highest BCUT2D eigenvalue weighted by Gasteiger charge is 2.55. The smallest absolute Gasteiger partial charge is 0.198 e. The molecule has 2 fully saturated rings. The number of nitrogens with one attached hydrogen (secondary N) is 1. The van der Waals surface area contributed by atoms with Crippen LogP contribution in [0.4, 0.5) is 0 Å². The van der Waals surface area contributed by atoms with Gasteiger partial charge in [0.25, 0.3) is 0 Å². The predicted molar refractivity (Wildman–Crippen MR) is 86.2 cm³/mol. The van der Waals surface area contributed by atoms with E-state index in [0.717, 1.165) is 29.3 Å². The quantitative estimate of drug-likeness (QED) is 0.907. The predicted octanol–water partition coefficient (Wildman–Crippen LogP) is 3.99. The van der Waals surface area contributed by atoms with Gasteiger partial charge < -0.3 is 14.5 Å². The number of aromatic nitrogens is 1. The lowest BCUT2D eigenvalue weighted by atomic mass is 9.76. The summed E-state index contributed by atoms with van der Waals surface area (Å²) in [6.45, 7) is 5.05. The molecule has 4 nitrogen and oxygen atoms in total. The number of oxazole rings is 1. The number of hydrogen-bond acceptors (Lipinski definition) is 4. The van der Waals surface area contributed by atoms with Gasteiger partial charge in [-0.15, -0.1) is 0 Å². The van der Waals surface area contributed by atoms with E-state index >= 15 is 0 Å². The Hall–Kier alpha value is -1.55. The van der Waals surface area contributed by atoms with Crippen molar-refractivity contribution in [1.29, 1.82) is 0 Å². The molecule has 0 radical (unpaired) electrons. The number of nitrogens with zero attached hydrogens (tertiary/aromatic N) is 1. The zero-order valence-electron chi connectivity index (χ0n) is 13.6. The Bertz CT molecular complexity index is 700. The minimum Gasteiger partial charge on any atom is -0.493 e. The maximum absolute atomic E-state index is 5.85. The van der Waals surface area contributed by atoms with Crippen LogP contribution in [0, 0.1) is 5.41 Å². The summed E-state index contributed by atoms with van der Waals surface area (Å²) in [7, 11) is 1.69. The van der Waals surface area contributed by atoms with Gasteiger partial charge in [0.15, 0.2) is 17.2 Å². The van der Waals surface area contributed by atoms with Crippen molar-refractivity contribution in [3.05, 3.63) is 23.6 Å². The number of methoxy groups -OCH3 is 1. The van der Waals surface area contributed by atoms with E-state index in [1.54, 1.807) is 7.11 Å². The number of hydrogen-bond donors (Lipinski definition) is 1. The van der Waals surface area contributed by atoms with Gasteiger partial charge in [0.05, 0.1) is 7.11 Å². The molecule has 0 bridgehead atoms. The summed E-state index contributed by atoms with van der Waals surface area (Å²) in [5.74, 6) is 1.83. The van der Waals surface area contributed by atoms with Gasteiger partial charge in [-0.1, -0.05) is 13.8 Å². The van der Waals surface area contributed by atoms with Gasteiger partial charge in [-0.3, -0.25) is 0 Å². The highest BCUT2D eigenvalue weighted by atomic mass is 16.5. The molecular formula is C18H24N2O2. The van der Waals surface area contributed by atoms with Gasteiger partial charge >= 0.3 is 0 Å². The maximum Gasteiger partial charge on any atom is 0.198 e. The molecule has 4 heteroatoms. The summed E-state index contributed by atoms with van der Waals surface area (Å²) in [6, 6.07) is 4.90. The van der Waals surface area contributed by atoms with Gasteiger partial charge in [0, 0.05) is 18.5 Å². The van der Waals surface area contributed by atoms with E-state index in [2.05, 4.69) is 36.3 Å². The molecule has 1 aromatic heterocycles. The molecule has 2 aliphatic rings. The van der Waals surface area contributed by atoms with Crippen molar-refractivity contribution >= 4 is 11.1 Å². The van der Waals surface area contributed by atoms with Crippen LogP contribution in [0.25, 0.3) is 11.1 Å². The first-order valence-corrected chi connectivity index (χ1v) is 8.32. The summed E-state index contributed by atoms with van der Waals surface area (Å²) >= 11 is 0. The van der Waals surface area contributed by atoms with Crippen LogP contribution >= 0.6 is 0 Å². The molecule has 1 heterocycles. The van der Waals surface area contributed by atoms with Gasteiger partial charge in [-0.25, -0.2) is 4.98 Å². The zero-order valence-corrected chi connectivity index (χ0v) is 13.6. The molecule has 22 heavy (non-hydrogen) atoms. The Morgan fingerprint density at radius 2 is 2.18 bits per heavy atom. The molecule has 2 aliphatic carbocycles. The molecule has 1 unspecified atom stereocenters. The normalized spacial score (nSPS) is 22.3. The van der Waals surface area contributed by atoms with E-state index in [0.29, 0.717) is 11.5 Å². The monoisotopic (exact) mass is 300 g/mol. The van der Waals surface area contributed by atoms with Crippen molar-refractivity contribution in [1.82, 2.24) is 10.3 Å². The van der Waals surface area contributed by atoms with E-state index in [1.165, 1.54) is 31.2 Å². The molecule has 0 amide bonds. The van der Waals surface area contributed by atoms with Gasteiger partial charge in [0.1, 0.15) is 5.52 Å². The number of benzene rings is 1. The standard InChI is InChI=1S/C18H24N2O2/c1-11(2)17-20-13-8-12(9-14(21-3)16(13)22-17)10-19-15-4-5-18(15)6-7-18/h8-9,11,15,19H,4-7,10H2,1-3H3. The van der Waals surface area contributed by atoms with Crippen LogP contribution in [0.3, 0.4) is 0 Å². The summed E-state index contributed by atoms with van der Waals surface area (Å²) in [5, 5.41) is 3.72. The molecule has 1 aromatic carbocycles. The van der Waals surface area contributed by atoms with E-state index in [1.807, 2.05) is 0 Å². The minimum atomic E-state index is 0.281. The Kier molecular flexibility index (Phi) is 3.19. The van der Waals surface area contributed by atoms with Crippen molar-refractivity contribution in [2.24, 2.45) is 5.41 Å². The Morgan fingerprint density at radius 1 is 1.36 bits per heavy atom. The average Bonchev–Trinajstić information content (AvgIpc) is 3.21. The van der Waals surface area contributed by atoms with Crippen LogP contribution in [0.1, 0.15) is 56.9 Å². The maximum atomic E-state index is 5.85. The van der Waals surface area contributed by atoms with Crippen LogP contribution in [0.15, 0.2) is 16.5 Å². The van der Waals surface area contributed by atoms with Crippen LogP contribution in [-0.4, -0.2) is 18.1 Å². The van der Waals surface area contributed by atoms with Gasteiger partial charge in [-0.05, 0) is 48.8 Å². The summed E-state index contributed by atoms with van der Waals surface area (Å²) in [5.41, 5.74) is 3.54. The van der Waals surface area contributed by atoms with E-state index < -0.39 is 0 Å². The molecule has 1 spiro atoms. The number of fused-ring (bicyclic) bond motifs is 1. The fourth-order valence-electron chi connectivity index (χ4n) is 3.59. The average molecular weight is 300 g/mol. The summed E-state index contributed by atoms with van der Waals surface area (Å²) < 4.78 is 11.4. The fourth-order valence-corrected chi connectivity index (χ4v) is 3.59. The van der Waals surface area contributed by atoms with Crippen LogP contribution < -0.4 is 10.1 Å². The van der Waals surface area contributed by atoms with Gasteiger partial charge in [0.2, 0.25) is 0 Å². The molecule has 2 aromatic rings. The number of rotatable bonds is 5. The van der Waals surface area contributed by atoms with Crippen molar-refractivity contribution < 1.29 is 9.15 Å². The largest absolute Gasteiger partial charge is 0.493 e. The first-order valence-electron chi connectivity index (χ1n) is 8.32. The molecule has 118 valence electrons. The van der Waals surface area contributed by atoms with E-state index in [-0.39, 0.29) is 5.92 Å². The zero-order chi connectivity index (χ0) is 15.3. The van der Waals surface area contributed by atoms with Crippen LogP contribution in [0.2, 0.25) is 0 Å². The first-order chi connectivity index (χ1) is 10.6. The number of ether oxygens (including phenoxy) is 1. The lowest BCUT2D eigenvalue weighted by molar-refractivity contribution is 0.183. The van der Waals surface area contributed by atoms with E-state index in [9.17, 15) is 0 Å². The molecule has 0 saturated heterocycles. The SMILES string of the molecule is COc1cc(CNC2CCC23CC3)cc2nc(C(C)C)oc12. The van der Waals surface area contributed by atoms with E-state index in [4.69, 9.17) is 9.15 Å². The highest BCUT2D eigenvalue weighted by molar-refractivity contribution is 5.80. The third kappa shape index (κ3) is 2.21. The minimum absolute atomic E-state index is 0.281. The molecule has 4 rings (SSSR count). The summed E-state index contributed by atoms with van der Waals surface area (Å²) in [4.78, 5) is 4.61. The van der Waals surface area contributed by atoms with Crippen molar-refractivity contribution in [2.75, 3.05) is 7.11 Å². The fraction of sp³-hybridized carbons (Fsp3) is 0.611. The summed E-state index contributed by atoms with van der Waals surface area (Å²) in [6.07, 6.45) is 5.55. The lowest BCUT2D eigenvalue weighted by Gasteiger charge is -2.38. The topological polar surface area (TPSA) is 47.3 Å². The van der Waals surface area contributed by atoms with Crippen molar-refractivity contribution in [2.45, 2.75) is 58.0 Å². The van der Waals surface area contributed by atoms with Crippen LogP contribution in [-0.2, 0) is 6.54 Å². The Labute approximate surface area is 131 Å². The second kappa shape index (κ2) is 4.98. The van der Waals surface area contributed by atoms with Gasteiger partial charge in [-0.2, -0.15) is 0 Å². The Balaban J connectivity index is 1.57. The lowest BCUT2D eigenvalue weighted by Crippen LogP contribution is -2.45. The third-order valence-electron chi connectivity index (χ3n) is 5.36. The molecular weight excluding hydrogens is 276 g/mol. The first kappa shape index (κ1) is 14.1. The second-order valence-electron chi connectivity index (χ2n) is 7.19. The van der Waals surface area contributed by atoms with Crippen LogP contribution in [0.5, 0.6) is 5.75 Å². The molecule has 1 atom stereocenters. The van der Waals surface area contributed by atoms with Crippen molar-refractivity contribution in [3.8, 4) is 5.75 Å². The molecule has 2 saturated carbocycles. The van der Waals surface area contributed by atoms with Crippen molar-refractivity contribution in [3.63, 3.8) is 0 Å². The highest BCUT2D eigenvalue weighted by Crippen LogP contribution is 2.60. The second-order valence-corrected chi connectivity index (χ2v) is 7.19. The molecule has 1 N–H and O–H groups in total. The molecule has 0 aliphatic heterocycles.